The third-order valence-electron chi connectivity index (χ3n) is 5.36. The number of benzene rings is 2. The van der Waals surface area contributed by atoms with E-state index in [2.05, 4.69) is 0 Å². The highest BCUT2D eigenvalue weighted by Crippen LogP contribution is 2.39. The maximum atomic E-state index is 13.2. The number of halogens is 1. The second kappa shape index (κ2) is 7.06. The van der Waals surface area contributed by atoms with Crippen LogP contribution in [0.1, 0.15) is 41.4 Å². The lowest BCUT2D eigenvalue weighted by molar-refractivity contribution is 0.0705. The highest BCUT2D eigenvalue weighted by Gasteiger charge is 2.33. The van der Waals surface area contributed by atoms with Crippen LogP contribution in [-0.2, 0) is 0 Å². The molecule has 0 aliphatic carbocycles. The summed E-state index contributed by atoms with van der Waals surface area (Å²) in [5, 5.41) is 1.46. The molecule has 0 saturated carbocycles. The van der Waals surface area contributed by atoms with E-state index in [9.17, 15) is 4.79 Å². The Morgan fingerprint density at radius 2 is 1.86 bits per heavy atom. The molecule has 1 aromatic heterocycles. The number of carbonyl (C=O) groups excluding carboxylic acids is 1. The average Bonchev–Trinajstić information content (AvgIpc) is 3.28. The van der Waals surface area contributed by atoms with Gasteiger partial charge in [-0.15, -0.1) is 0 Å². The van der Waals surface area contributed by atoms with E-state index in [0.29, 0.717) is 36.1 Å². The molecule has 28 heavy (non-hydrogen) atoms. The Morgan fingerprint density at radius 3 is 2.75 bits per heavy atom. The van der Waals surface area contributed by atoms with E-state index < -0.39 is 0 Å². The summed E-state index contributed by atoms with van der Waals surface area (Å²) in [5.41, 5.74) is 1.73. The maximum absolute atomic E-state index is 13.2. The first-order valence-electron chi connectivity index (χ1n) is 9.59. The Balaban J connectivity index is 1.44. The van der Waals surface area contributed by atoms with Crippen molar-refractivity contribution in [3.63, 3.8) is 0 Å². The minimum atomic E-state index is -0.0954. The van der Waals surface area contributed by atoms with Crippen molar-refractivity contribution in [2.24, 2.45) is 0 Å². The zero-order chi connectivity index (χ0) is 19.1. The molecule has 3 heterocycles. The summed E-state index contributed by atoms with van der Waals surface area (Å²) >= 11 is 6.05. The van der Waals surface area contributed by atoms with Crippen molar-refractivity contribution in [3.05, 3.63) is 58.8 Å². The van der Waals surface area contributed by atoms with Gasteiger partial charge in [-0.05, 0) is 54.8 Å². The van der Waals surface area contributed by atoms with Crippen LogP contribution in [0, 0.1) is 0 Å². The highest BCUT2D eigenvalue weighted by atomic mass is 35.5. The van der Waals surface area contributed by atoms with Crippen molar-refractivity contribution >= 4 is 28.5 Å². The molecule has 6 heteroatoms. The van der Waals surface area contributed by atoms with Crippen LogP contribution in [0.2, 0.25) is 5.02 Å². The number of rotatable bonds is 2. The van der Waals surface area contributed by atoms with Gasteiger partial charge in [-0.25, -0.2) is 0 Å². The number of ether oxygens (including phenoxy) is 2. The van der Waals surface area contributed by atoms with Crippen LogP contribution in [0.5, 0.6) is 11.5 Å². The molecule has 2 aromatic carbocycles. The number of nitrogens with zero attached hydrogens (tertiary/aromatic N) is 1. The molecule has 5 nitrogen and oxygen atoms in total. The van der Waals surface area contributed by atoms with E-state index in [-0.39, 0.29) is 11.9 Å². The smallest absolute Gasteiger partial charge is 0.290 e. The molecule has 0 spiro atoms. The monoisotopic (exact) mass is 397 g/mol. The SMILES string of the molecule is O=C(c1cc2cc(Cl)ccc2o1)N1CCC[C@@H]1c1ccc2c(c1)OCCCO2. The number of hydrogen-bond donors (Lipinski definition) is 0. The Kier molecular flexibility index (Phi) is 4.40. The third kappa shape index (κ3) is 3.10. The summed E-state index contributed by atoms with van der Waals surface area (Å²) in [5.74, 6) is 1.78. The molecule has 3 aromatic rings. The molecule has 0 radical (unpaired) electrons. The van der Waals surface area contributed by atoms with Gasteiger partial charge >= 0.3 is 0 Å². The largest absolute Gasteiger partial charge is 0.490 e. The second-order valence-corrected chi connectivity index (χ2v) is 7.64. The maximum Gasteiger partial charge on any atom is 0.290 e. The fourth-order valence-electron chi connectivity index (χ4n) is 4.00. The van der Waals surface area contributed by atoms with Gasteiger partial charge < -0.3 is 18.8 Å². The first-order valence-corrected chi connectivity index (χ1v) is 9.96. The molecule has 2 aliphatic rings. The van der Waals surface area contributed by atoms with E-state index in [0.717, 1.165) is 41.7 Å². The molecule has 1 saturated heterocycles. The predicted molar refractivity (Wildman–Crippen MR) is 106 cm³/mol. The second-order valence-electron chi connectivity index (χ2n) is 7.21. The molecule has 0 N–H and O–H groups in total. The van der Waals surface area contributed by atoms with Crippen LogP contribution in [0.15, 0.2) is 46.9 Å². The van der Waals surface area contributed by atoms with Gasteiger partial charge in [-0.2, -0.15) is 0 Å². The molecular weight excluding hydrogens is 378 g/mol. The fraction of sp³-hybridized carbons (Fsp3) is 0.318. The van der Waals surface area contributed by atoms with Crippen molar-refractivity contribution in [3.8, 4) is 11.5 Å². The summed E-state index contributed by atoms with van der Waals surface area (Å²) in [6.07, 6.45) is 2.74. The van der Waals surface area contributed by atoms with Crippen molar-refractivity contribution in [1.82, 2.24) is 4.90 Å². The summed E-state index contributed by atoms with van der Waals surface area (Å²) < 4.78 is 17.3. The summed E-state index contributed by atoms with van der Waals surface area (Å²) in [6, 6.07) is 13.1. The standard InChI is InChI=1S/C22H20ClNO4/c23-16-5-7-18-15(11-16)13-21(28-18)22(25)24-8-1-3-17(24)14-4-6-19-20(12-14)27-10-2-9-26-19/h4-7,11-13,17H,1-3,8-10H2/t17-/m1/s1. The first-order chi connectivity index (χ1) is 13.7. The normalized spacial score (nSPS) is 19.0. The van der Waals surface area contributed by atoms with E-state index in [1.165, 1.54) is 0 Å². The molecule has 1 amide bonds. The third-order valence-corrected chi connectivity index (χ3v) is 5.59. The van der Waals surface area contributed by atoms with Gasteiger partial charge in [0.2, 0.25) is 0 Å². The van der Waals surface area contributed by atoms with E-state index in [4.69, 9.17) is 25.5 Å². The predicted octanol–water partition coefficient (Wildman–Crippen LogP) is 5.22. The first kappa shape index (κ1) is 17.4. The van der Waals surface area contributed by atoms with Gasteiger partial charge in [0.15, 0.2) is 17.3 Å². The van der Waals surface area contributed by atoms with Crippen LogP contribution in [-0.4, -0.2) is 30.6 Å². The minimum Gasteiger partial charge on any atom is -0.490 e. The lowest BCUT2D eigenvalue weighted by Crippen LogP contribution is -2.30. The number of fused-ring (bicyclic) bond motifs is 2. The number of carbonyl (C=O) groups is 1. The Labute approximate surface area is 167 Å². The summed E-state index contributed by atoms with van der Waals surface area (Å²) in [7, 11) is 0. The molecular formula is C22H20ClNO4. The molecule has 0 bridgehead atoms. The topological polar surface area (TPSA) is 51.9 Å². The molecule has 144 valence electrons. The van der Waals surface area contributed by atoms with E-state index in [1.54, 1.807) is 18.2 Å². The van der Waals surface area contributed by atoms with Crippen molar-refractivity contribution < 1.29 is 18.7 Å². The average molecular weight is 398 g/mol. The Hall–Kier alpha value is -2.66. The highest BCUT2D eigenvalue weighted by molar-refractivity contribution is 6.31. The lowest BCUT2D eigenvalue weighted by Gasteiger charge is -2.24. The van der Waals surface area contributed by atoms with Gasteiger partial charge in [0.25, 0.3) is 5.91 Å². The molecule has 1 fully saturated rings. The number of hydrogen-bond acceptors (Lipinski definition) is 4. The van der Waals surface area contributed by atoms with Crippen molar-refractivity contribution in [1.29, 1.82) is 0 Å². The van der Waals surface area contributed by atoms with Crippen LogP contribution in [0.4, 0.5) is 0 Å². The molecule has 2 aliphatic heterocycles. The van der Waals surface area contributed by atoms with Gasteiger partial charge in [0, 0.05) is 23.4 Å². The molecule has 1 atom stereocenters. The Morgan fingerprint density at radius 1 is 1.00 bits per heavy atom. The molecule has 0 unspecified atom stereocenters. The van der Waals surface area contributed by atoms with Crippen LogP contribution < -0.4 is 9.47 Å². The van der Waals surface area contributed by atoms with E-state index in [1.807, 2.05) is 29.2 Å². The number of likely N-dealkylation sites (tertiary alicyclic amines) is 1. The number of furan rings is 1. The summed E-state index contributed by atoms with van der Waals surface area (Å²) in [4.78, 5) is 15.1. The van der Waals surface area contributed by atoms with Crippen LogP contribution in [0.25, 0.3) is 11.0 Å². The van der Waals surface area contributed by atoms with Gasteiger partial charge in [-0.1, -0.05) is 17.7 Å². The van der Waals surface area contributed by atoms with Crippen LogP contribution >= 0.6 is 11.6 Å². The van der Waals surface area contributed by atoms with Crippen molar-refractivity contribution in [2.45, 2.75) is 25.3 Å². The fourth-order valence-corrected chi connectivity index (χ4v) is 4.19. The van der Waals surface area contributed by atoms with Gasteiger partial charge in [0.05, 0.1) is 19.3 Å². The quantitative estimate of drug-likeness (QED) is 0.594. The summed E-state index contributed by atoms with van der Waals surface area (Å²) in [6.45, 7) is 2.01. The van der Waals surface area contributed by atoms with Gasteiger partial charge in [0.1, 0.15) is 5.58 Å². The zero-order valence-electron chi connectivity index (χ0n) is 15.3. The number of amides is 1. The minimum absolute atomic E-state index is 0.00135. The van der Waals surface area contributed by atoms with E-state index >= 15 is 0 Å². The zero-order valence-corrected chi connectivity index (χ0v) is 16.1. The van der Waals surface area contributed by atoms with Crippen molar-refractivity contribution in [2.75, 3.05) is 19.8 Å². The van der Waals surface area contributed by atoms with Crippen LogP contribution in [0.3, 0.4) is 0 Å². The Bertz CT molecular complexity index is 1040. The molecule has 5 rings (SSSR count). The van der Waals surface area contributed by atoms with Gasteiger partial charge in [-0.3, -0.25) is 4.79 Å². The lowest BCUT2D eigenvalue weighted by atomic mass is 10.0.